The zero-order chi connectivity index (χ0) is 16.4. The molecule has 5 nitrogen and oxygen atoms in total. The van der Waals surface area contributed by atoms with Gasteiger partial charge in [-0.05, 0) is 39.5 Å². The molecule has 0 saturated heterocycles. The summed E-state index contributed by atoms with van der Waals surface area (Å²) in [6, 6.07) is 9.18. The lowest BCUT2D eigenvalue weighted by molar-refractivity contribution is -0.113. The predicted molar refractivity (Wildman–Crippen MR) is 98.4 cm³/mol. The summed E-state index contributed by atoms with van der Waals surface area (Å²) in [5.74, 6) is 0.0285. The summed E-state index contributed by atoms with van der Waals surface area (Å²) in [5.41, 5.74) is 0.624. The van der Waals surface area contributed by atoms with Crippen LogP contribution in [0.3, 0.4) is 0 Å². The lowest BCUT2D eigenvalue weighted by Gasteiger charge is -2.08. The third-order valence-electron chi connectivity index (χ3n) is 3.14. The molecule has 1 amide bonds. The smallest absolute Gasteiger partial charge is 0.262 e. The summed E-state index contributed by atoms with van der Waals surface area (Å²) in [6.07, 6.45) is 0. The molecule has 1 aromatic carbocycles. The minimum Gasteiger partial charge on any atom is -0.324 e. The topological polar surface area (TPSA) is 64.0 Å². The summed E-state index contributed by atoms with van der Waals surface area (Å²) in [4.78, 5) is 29.4. The molecule has 0 unspecified atom stereocenters. The van der Waals surface area contributed by atoms with E-state index in [4.69, 9.17) is 0 Å². The maximum Gasteiger partial charge on any atom is 0.262 e. The molecule has 2 heterocycles. The number of carbonyl (C=O) groups excluding carboxylic acids is 1. The number of thioether (sulfide) groups is 1. The molecule has 118 valence electrons. The first-order valence-corrected chi connectivity index (χ1v) is 9.33. The Hall–Kier alpha value is -1.64. The molecule has 0 aliphatic carbocycles. The number of thiophene rings is 1. The van der Waals surface area contributed by atoms with Crippen LogP contribution in [0.1, 0.15) is 0 Å². The number of para-hydroxylation sites is 1. The fraction of sp³-hybridized carbons (Fsp3) is 0.133. The van der Waals surface area contributed by atoms with Crippen molar-refractivity contribution >= 4 is 60.8 Å². The number of rotatable bonds is 4. The fourth-order valence-electron chi connectivity index (χ4n) is 1.99. The molecule has 0 spiro atoms. The highest BCUT2D eigenvalue weighted by molar-refractivity contribution is 9.10. The molecular weight excluding hydrogens is 398 g/mol. The largest absolute Gasteiger partial charge is 0.324 e. The Morgan fingerprint density at radius 2 is 2.17 bits per heavy atom. The van der Waals surface area contributed by atoms with E-state index in [9.17, 15) is 9.59 Å². The van der Waals surface area contributed by atoms with E-state index in [2.05, 4.69) is 26.2 Å². The highest BCUT2D eigenvalue weighted by Gasteiger charge is 2.12. The van der Waals surface area contributed by atoms with Gasteiger partial charge in [-0.15, -0.1) is 11.3 Å². The number of hydrogen-bond donors (Lipinski definition) is 1. The summed E-state index contributed by atoms with van der Waals surface area (Å²) in [5, 5.41) is 5.81. The molecule has 1 N–H and O–H groups in total. The van der Waals surface area contributed by atoms with Gasteiger partial charge in [-0.3, -0.25) is 14.2 Å². The number of amides is 1. The first kappa shape index (κ1) is 16.2. The molecule has 2 aromatic heterocycles. The van der Waals surface area contributed by atoms with E-state index in [1.807, 2.05) is 29.6 Å². The highest BCUT2D eigenvalue weighted by Crippen LogP contribution is 2.23. The predicted octanol–water partition coefficient (Wildman–Crippen LogP) is 3.49. The van der Waals surface area contributed by atoms with E-state index in [1.54, 1.807) is 13.1 Å². The zero-order valence-electron chi connectivity index (χ0n) is 12.1. The van der Waals surface area contributed by atoms with Crippen molar-refractivity contribution in [3.63, 3.8) is 0 Å². The summed E-state index contributed by atoms with van der Waals surface area (Å²) in [6.45, 7) is 0. The Morgan fingerprint density at radius 1 is 1.39 bits per heavy atom. The van der Waals surface area contributed by atoms with Gasteiger partial charge in [-0.25, -0.2) is 4.98 Å². The maximum absolute atomic E-state index is 12.2. The molecule has 0 aliphatic rings. The number of halogens is 1. The van der Waals surface area contributed by atoms with Crippen LogP contribution in [0.5, 0.6) is 0 Å². The van der Waals surface area contributed by atoms with E-state index in [1.165, 1.54) is 27.7 Å². The van der Waals surface area contributed by atoms with Crippen LogP contribution in [-0.2, 0) is 11.8 Å². The second kappa shape index (κ2) is 6.86. The number of carbonyl (C=O) groups is 1. The molecular formula is C15H12BrN3O2S2. The van der Waals surface area contributed by atoms with Crippen molar-refractivity contribution in [3.8, 4) is 0 Å². The first-order valence-electron chi connectivity index (χ1n) is 6.67. The van der Waals surface area contributed by atoms with Crippen LogP contribution in [0.15, 0.2) is 50.1 Å². The van der Waals surface area contributed by atoms with Crippen LogP contribution in [0.25, 0.3) is 10.2 Å². The van der Waals surface area contributed by atoms with Gasteiger partial charge in [0.1, 0.15) is 4.83 Å². The van der Waals surface area contributed by atoms with Crippen LogP contribution in [0.4, 0.5) is 5.69 Å². The van der Waals surface area contributed by atoms with Crippen LogP contribution >= 0.6 is 39.0 Å². The average Bonchev–Trinajstić information content (AvgIpc) is 3.00. The van der Waals surface area contributed by atoms with Crippen LogP contribution < -0.4 is 10.9 Å². The number of anilines is 1. The van der Waals surface area contributed by atoms with Gasteiger partial charge in [0, 0.05) is 11.5 Å². The highest BCUT2D eigenvalue weighted by atomic mass is 79.9. The van der Waals surface area contributed by atoms with E-state index in [0.29, 0.717) is 21.1 Å². The number of aromatic nitrogens is 2. The maximum atomic E-state index is 12.2. The van der Waals surface area contributed by atoms with Crippen molar-refractivity contribution in [1.29, 1.82) is 0 Å². The van der Waals surface area contributed by atoms with Gasteiger partial charge in [-0.1, -0.05) is 23.9 Å². The minimum atomic E-state index is -0.151. The van der Waals surface area contributed by atoms with Crippen molar-refractivity contribution in [2.24, 2.45) is 7.05 Å². The second-order valence-corrected chi connectivity index (χ2v) is 7.41. The third-order valence-corrected chi connectivity index (χ3v) is 5.67. The van der Waals surface area contributed by atoms with Gasteiger partial charge in [0.2, 0.25) is 5.91 Å². The quantitative estimate of drug-likeness (QED) is 0.528. The van der Waals surface area contributed by atoms with E-state index in [0.717, 1.165) is 4.47 Å². The Balaban J connectivity index is 1.73. The molecule has 0 bridgehead atoms. The van der Waals surface area contributed by atoms with Crippen LogP contribution in [-0.4, -0.2) is 21.2 Å². The lowest BCUT2D eigenvalue weighted by Crippen LogP contribution is -2.20. The normalized spacial score (nSPS) is 10.9. The second-order valence-electron chi connectivity index (χ2n) is 4.71. The van der Waals surface area contributed by atoms with Crippen molar-refractivity contribution in [2.45, 2.75) is 5.16 Å². The fourth-order valence-corrected chi connectivity index (χ4v) is 3.95. The summed E-state index contributed by atoms with van der Waals surface area (Å²) in [7, 11) is 1.67. The zero-order valence-corrected chi connectivity index (χ0v) is 15.3. The molecule has 3 aromatic rings. The molecule has 0 saturated carbocycles. The van der Waals surface area contributed by atoms with E-state index < -0.39 is 0 Å². The standard InChI is InChI=1S/C15H12BrN3O2S2/c1-19-14(21)9-6-7-22-13(9)18-15(19)23-8-12(20)17-11-5-3-2-4-10(11)16/h2-7H,8H2,1H3,(H,17,20). The molecule has 0 fully saturated rings. The van der Waals surface area contributed by atoms with Gasteiger partial charge in [-0.2, -0.15) is 0 Å². The summed E-state index contributed by atoms with van der Waals surface area (Å²) >= 11 is 6.05. The Kier molecular flexibility index (Phi) is 4.84. The number of nitrogens with one attached hydrogen (secondary N) is 1. The van der Waals surface area contributed by atoms with Crippen molar-refractivity contribution in [3.05, 3.63) is 50.5 Å². The van der Waals surface area contributed by atoms with Gasteiger partial charge >= 0.3 is 0 Å². The van der Waals surface area contributed by atoms with E-state index in [-0.39, 0.29) is 17.2 Å². The first-order chi connectivity index (χ1) is 11.1. The van der Waals surface area contributed by atoms with Gasteiger partial charge in [0.15, 0.2) is 5.16 Å². The van der Waals surface area contributed by atoms with Gasteiger partial charge < -0.3 is 5.32 Å². The molecule has 3 rings (SSSR count). The van der Waals surface area contributed by atoms with Crippen LogP contribution in [0.2, 0.25) is 0 Å². The van der Waals surface area contributed by atoms with Crippen molar-refractivity contribution in [2.75, 3.05) is 11.1 Å². The Bertz CT molecular complexity index is 936. The number of benzene rings is 1. The summed E-state index contributed by atoms with van der Waals surface area (Å²) < 4.78 is 2.30. The molecule has 8 heteroatoms. The molecule has 0 radical (unpaired) electrons. The van der Waals surface area contributed by atoms with Gasteiger partial charge in [0.05, 0.1) is 16.8 Å². The number of hydrogen-bond acceptors (Lipinski definition) is 5. The third kappa shape index (κ3) is 3.49. The SMILES string of the molecule is Cn1c(SCC(=O)Nc2ccccc2Br)nc2sccc2c1=O. The number of fused-ring (bicyclic) bond motifs is 1. The minimum absolute atomic E-state index is 0.0926. The number of nitrogens with zero attached hydrogens (tertiary/aromatic N) is 2. The van der Waals surface area contributed by atoms with E-state index >= 15 is 0 Å². The Morgan fingerprint density at radius 3 is 2.96 bits per heavy atom. The van der Waals surface area contributed by atoms with Crippen LogP contribution in [0, 0.1) is 0 Å². The molecule has 23 heavy (non-hydrogen) atoms. The van der Waals surface area contributed by atoms with Crippen molar-refractivity contribution < 1.29 is 4.79 Å². The molecule has 0 atom stereocenters. The van der Waals surface area contributed by atoms with Gasteiger partial charge in [0.25, 0.3) is 5.56 Å². The Labute approximate surface area is 148 Å². The average molecular weight is 410 g/mol. The monoisotopic (exact) mass is 409 g/mol. The molecule has 0 aliphatic heterocycles. The van der Waals surface area contributed by atoms with Crippen molar-refractivity contribution in [1.82, 2.24) is 9.55 Å². The lowest BCUT2D eigenvalue weighted by atomic mass is 10.3.